The number of amides is 2. The fourth-order valence-electron chi connectivity index (χ4n) is 2.45. The highest BCUT2D eigenvalue weighted by Gasteiger charge is 2.33. The van der Waals surface area contributed by atoms with Crippen LogP contribution in [0.2, 0.25) is 15.1 Å². The molecule has 30 heavy (non-hydrogen) atoms. The van der Waals surface area contributed by atoms with Gasteiger partial charge < -0.3 is 10.2 Å². The van der Waals surface area contributed by atoms with Crippen LogP contribution in [-0.4, -0.2) is 29.8 Å². The number of para-hydroxylation sites is 1. The van der Waals surface area contributed by atoms with E-state index in [1.807, 2.05) is 0 Å². The first kappa shape index (κ1) is 24.1. The van der Waals surface area contributed by atoms with E-state index in [9.17, 15) is 22.8 Å². The van der Waals surface area contributed by atoms with Gasteiger partial charge in [-0.15, -0.1) is 0 Å². The molecule has 0 aromatic heterocycles. The molecule has 160 valence electrons. The SMILES string of the molecule is CCN(CC(=O)Nc1c(Cl)cccc1Cl)C(=O)/C=C/c1ccc(Cl)c(C(F)(F)F)c1. The van der Waals surface area contributed by atoms with Crippen molar-refractivity contribution < 1.29 is 22.8 Å². The van der Waals surface area contributed by atoms with Crippen molar-refractivity contribution in [2.45, 2.75) is 13.1 Å². The van der Waals surface area contributed by atoms with E-state index in [0.29, 0.717) is 0 Å². The van der Waals surface area contributed by atoms with Crippen LogP contribution in [0.25, 0.3) is 6.08 Å². The van der Waals surface area contributed by atoms with Crippen LogP contribution < -0.4 is 5.32 Å². The third-order valence-electron chi connectivity index (χ3n) is 3.97. The summed E-state index contributed by atoms with van der Waals surface area (Å²) in [6, 6.07) is 8.02. The summed E-state index contributed by atoms with van der Waals surface area (Å²) in [6.45, 7) is 1.56. The number of carbonyl (C=O) groups is 2. The average molecular weight is 480 g/mol. The number of nitrogens with one attached hydrogen (secondary N) is 1. The molecule has 0 atom stereocenters. The Kier molecular flexibility index (Phi) is 8.18. The number of nitrogens with zero attached hydrogens (tertiary/aromatic N) is 1. The normalized spacial score (nSPS) is 11.6. The van der Waals surface area contributed by atoms with Crippen molar-refractivity contribution in [2.75, 3.05) is 18.4 Å². The van der Waals surface area contributed by atoms with Crippen molar-refractivity contribution in [3.8, 4) is 0 Å². The lowest BCUT2D eigenvalue weighted by Crippen LogP contribution is -2.37. The molecule has 4 nitrogen and oxygen atoms in total. The lowest BCUT2D eigenvalue weighted by molar-refractivity contribution is -0.137. The molecule has 0 aliphatic carbocycles. The van der Waals surface area contributed by atoms with Crippen molar-refractivity contribution in [3.63, 3.8) is 0 Å². The Morgan fingerprint density at radius 1 is 1.07 bits per heavy atom. The topological polar surface area (TPSA) is 49.4 Å². The van der Waals surface area contributed by atoms with Crippen LogP contribution in [-0.2, 0) is 15.8 Å². The molecule has 0 aliphatic rings. The Hall–Kier alpha value is -2.22. The summed E-state index contributed by atoms with van der Waals surface area (Å²) >= 11 is 17.6. The van der Waals surface area contributed by atoms with E-state index in [1.54, 1.807) is 25.1 Å². The Bertz CT molecular complexity index is 958. The van der Waals surface area contributed by atoms with Gasteiger partial charge in [0.25, 0.3) is 0 Å². The number of anilines is 1. The Labute approximate surface area is 186 Å². The number of halogens is 6. The third-order valence-corrected chi connectivity index (χ3v) is 4.93. The van der Waals surface area contributed by atoms with E-state index in [-0.39, 0.29) is 34.4 Å². The summed E-state index contributed by atoms with van der Waals surface area (Å²) in [6.07, 6.45) is -2.31. The zero-order valence-corrected chi connectivity index (χ0v) is 17.8. The Balaban J connectivity index is 2.08. The second-order valence-corrected chi connectivity index (χ2v) is 7.29. The fraction of sp³-hybridized carbons (Fsp3) is 0.200. The molecule has 0 bridgehead atoms. The van der Waals surface area contributed by atoms with E-state index in [0.717, 1.165) is 18.2 Å². The minimum atomic E-state index is -4.61. The standard InChI is InChI=1S/C20H16Cl3F3N2O2/c1-2-28(11-17(29)27-19-15(22)4-3-5-16(19)23)18(30)9-7-12-6-8-14(21)13(10-12)20(24,25)26/h3-10H,2,11H2,1H3,(H,27,29)/b9-7+. The molecule has 2 amide bonds. The van der Waals surface area contributed by atoms with Gasteiger partial charge in [-0.05, 0) is 42.8 Å². The van der Waals surface area contributed by atoms with E-state index in [1.165, 1.54) is 17.0 Å². The first-order valence-electron chi connectivity index (χ1n) is 8.60. The van der Waals surface area contributed by atoms with Crippen LogP contribution in [0.1, 0.15) is 18.1 Å². The monoisotopic (exact) mass is 478 g/mol. The second-order valence-electron chi connectivity index (χ2n) is 6.07. The number of rotatable bonds is 6. The highest BCUT2D eigenvalue weighted by Crippen LogP contribution is 2.35. The zero-order chi connectivity index (χ0) is 22.5. The number of carbonyl (C=O) groups excluding carboxylic acids is 2. The van der Waals surface area contributed by atoms with Crippen molar-refractivity contribution in [2.24, 2.45) is 0 Å². The molecular weight excluding hydrogens is 464 g/mol. The van der Waals surface area contributed by atoms with Gasteiger partial charge in [0, 0.05) is 12.6 Å². The first-order chi connectivity index (χ1) is 14.0. The molecule has 0 saturated heterocycles. The smallest absolute Gasteiger partial charge is 0.330 e. The molecule has 0 fully saturated rings. The van der Waals surface area contributed by atoms with Crippen LogP contribution in [0.15, 0.2) is 42.5 Å². The van der Waals surface area contributed by atoms with Gasteiger partial charge in [0.1, 0.15) is 6.54 Å². The maximum Gasteiger partial charge on any atom is 0.417 e. The minimum absolute atomic E-state index is 0.142. The summed E-state index contributed by atoms with van der Waals surface area (Å²) in [5.74, 6) is -1.08. The molecule has 0 aliphatic heterocycles. The van der Waals surface area contributed by atoms with Crippen molar-refractivity contribution in [1.82, 2.24) is 4.90 Å². The van der Waals surface area contributed by atoms with Gasteiger partial charge in [-0.2, -0.15) is 13.2 Å². The zero-order valence-electron chi connectivity index (χ0n) is 15.6. The first-order valence-corrected chi connectivity index (χ1v) is 9.74. The summed E-state index contributed by atoms with van der Waals surface area (Å²) in [5, 5.41) is 2.60. The fourth-order valence-corrected chi connectivity index (χ4v) is 3.17. The Morgan fingerprint density at radius 2 is 1.70 bits per heavy atom. The van der Waals surface area contributed by atoms with Crippen LogP contribution in [0.4, 0.5) is 18.9 Å². The number of benzene rings is 2. The van der Waals surface area contributed by atoms with Crippen molar-refractivity contribution >= 4 is 58.4 Å². The van der Waals surface area contributed by atoms with Crippen LogP contribution in [0.5, 0.6) is 0 Å². The van der Waals surface area contributed by atoms with Crippen LogP contribution in [0.3, 0.4) is 0 Å². The number of hydrogen-bond acceptors (Lipinski definition) is 2. The highest BCUT2D eigenvalue weighted by atomic mass is 35.5. The molecule has 0 radical (unpaired) electrons. The molecule has 1 N–H and O–H groups in total. The summed E-state index contributed by atoms with van der Waals surface area (Å²) < 4.78 is 38.8. The van der Waals surface area contributed by atoms with Gasteiger partial charge in [-0.3, -0.25) is 9.59 Å². The lowest BCUT2D eigenvalue weighted by Gasteiger charge is -2.19. The molecule has 2 rings (SSSR count). The van der Waals surface area contributed by atoms with Crippen molar-refractivity contribution in [1.29, 1.82) is 0 Å². The van der Waals surface area contributed by atoms with Crippen LogP contribution in [0, 0.1) is 0 Å². The van der Waals surface area contributed by atoms with Gasteiger partial charge in [0.2, 0.25) is 11.8 Å². The predicted molar refractivity (Wildman–Crippen MR) is 113 cm³/mol. The molecule has 0 heterocycles. The van der Waals surface area contributed by atoms with E-state index < -0.39 is 28.6 Å². The van der Waals surface area contributed by atoms with E-state index in [2.05, 4.69) is 5.32 Å². The maximum absolute atomic E-state index is 12.9. The molecule has 0 unspecified atom stereocenters. The van der Waals surface area contributed by atoms with Crippen LogP contribution >= 0.6 is 34.8 Å². The third kappa shape index (κ3) is 6.39. The number of likely N-dealkylation sites (N-methyl/N-ethyl adjacent to an activating group) is 1. The van der Waals surface area contributed by atoms with E-state index >= 15 is 0 Å². The molecule has 0 saturated carbocycles. The van der Waals surface area contributed by atoms with Gasteiger partial charge in [-0.25, -0.2) is 0 Å². The summed E-state index contributed by atoms with van der Waals surface area (Å²) in [5.41, 5.74) is -0.628. The molecule has 10 heteroatoms. The average Bonchev–Trinajstić information content (AvgIpc) is 2.67. The maximum atomic E-state index is 12.9. The highest BCUT2D eigenvalue weighted by molar-refractivity contribution is 6.39. The van der Waals surface area contributed by atoms with E-state index in [4.69, 9.17) is 34.8 Å². The van der Waals surface area contributed by atoms with Gasteiger partial charge in [-0.1, -0.05) is 46.9 Å². The largest absolute Gasteiger partial charge is 0.417 e. The molecule has 0 spiro atoms. The molecular formula is C20H16Cl3F3N2O2. The van der Waals surface area contributed by atoms with Gasteiger partial charge in [0.05, 0.1) is 26.3 Å². The number of alkyl halides is 3. The predicted octanol–water partition coefficient (Wildman–Crippen LogP) is 6.17. The lowest BCUT2D eigenvalue weighted by atomic mass is 10.1. The van der Waals surface area contributed by atoms with Crippen molar-refractivity contribution in [3.05, 3.63) is 68.7 Å². The molecule has 2 aromatic rings. The van der Waals surface area contributed by atoms with Gasteiger partial charge >= 0.3 is 6.18 Å². The second kappa shape index (κ2) is 10.2. The summed E-state index contributed by atoms with van der Waals surface area (Å²) in [4.78, 5) is 25.9. The Morgan fingerprint density at radius 3 is 2.27 bits per heavy atom. The minimum Gasteiger partial charge on any atom is -0.330 e. The number of hydrogen-bond donors (Lipinski definition) is 1. The molecule has 2 aromatic carbocycles. The van der Waals surface area contributed by atoms with Gasteiger partial charge in [0.15, 0.2) is 0 Å². The summed E-state index contributed by atoms with van der Waals surface area (Å²) in [7, 11) is 0. The quantitative estimate of drug-likeness (QED) is 0.504.